The van der Waals surface area contributed by atoms with Gasteiger partial charge in [-0.3, -0.25) is 0 Å². The molecule has 90 valence electrons. The number of hydrogen-bond acceptors (Lipinski definition) is 0. The van der Waals surface area contributed by atoms with Crippen molar-refractivity contribution in [3.8, 4) is 0 Å². The first-order valence-electron chi connectivity index (χ1n) is 6.61. The molecule has 0 nitrogen and oxygen atoms in total. The highest BCUT2D eigenvalue weighted by Crippen LogP contribution is 2.43. The summed E-state index contributed by atoms with van der Waals surface area (Å²) < 4.78 is 0. The van der Waals surface area contributed by atoms with E-state index < -0.39 is 0 Å². The lowest BCUT2D eigenvalue weighted by atomic mass is 9.62. The van der Waals surface area contributed by atoms with Crippen molar-refractivity contribution in [1.82, 2.24) is 0 Å². The third kappa shape index (κ3) is 2.31. The zero-order valence-corrected chi connectivity index (χ0v) is 11.5. The maximum Gasteiger partial charge on any atom is -0.000115 e. The van der Waals surface area contributed by atoms with Crippen LogP contribution in [-0.2, 0) is 5.41 Å². The Morgan fingerprint density at radius 1 is 0.938 bits per heavy atom. The van der Waals surface area contributed by atoms with E-state index in [2.05, 4.69) is 65.0 Å². The molecule has 0 saturated carbocycles. The second kappa shape index (κ2) is 5.52. The van der Waals surface area contributed by atoms with Crippen LogP contribution in [0, 0.1) is 11.8 Å². The Kier molecular flexibility index (Phi) is 4.58. The summed E-state index contributed by atoms with van der Waals surface area (Å²) in [6.45, 7) is 11.7. The molecule has 0 radical (unpaired) electrons. The Hall–Kier alpha value is -0.780. The molecule has 0 aliphatic rings. The Bertz CT molecular complexity index is 287. The summed E-state index contributed by atoms with van der Waals surface area (Å²) in [5.41, 5.74) is 1.86. The summed E-state index contributed by atoms with van der Waals surface area (Å²) in [6.07, 6.45) is 2.54. The van der Waals surface area contributed by atoms with Crippen molar-refractivity contribution < 1.29 is 0 Å². The minimum Gasteiger partial charge on any atom is -0.0654 e. The lowest BCUT2D eigenvalue weighted by Crippen LogP contribution is -2.37. The number of rotatable bonds is 5. The van der Waals surface area contributed by atoms with Crippen molar-refractivity contribution >= 4 is 0 Å². The first-order chi connectivity index (χ1) is 7.55. The van der Waals surface area contributed by atoms with E-state index in [0.29, 0.717) is 17.3 Å². The van der Waals surface area contributed by atoms with Crippen LogP contribution < -0.4 is 0 Å². The Labute approximate surface area is 101 Å². The van der Waals surface area contributed by atoms with Gasteiger partial charge in [0.2, 0.25) is 0 Å². The second-order valence-electron chi connectivity index (χ2n) is 5.47. The average Bonchev–Trinajstić information content (AvgIpc) is 2.26. The number of benzene rings is 1. The fraction of sp³-hybridized carbons (Fsp3) is 0.625. The normalized spacial score (nSPS) is 12.4. The van der Waals surface area contributed by atoms with Gasteiger partial charge >= 0.3 is 0 Å². The van der Waals surface area contributed by atoms with Crippen molar-refractivity contribution in [2.75, 3.05) is 0 Å². The van der Waals surface area contributed by atoms with E-state index in [-0.39, 0.29) is 0 Å². The summed E-state index contributed by atoms with van der Waals surface area (Å²) in [7, 11) is 0. The molecule has 0 N–H and O–H groups in total. The molecule has 0 heterocycles. The highest BCUT2D eigenvalue weighted by molar-refractivity contribution is 5.27. The standard InChI is InChI=1S/C16H26/c1-6-12-16(13(2)3,14(4)5)15-10-8-7-9-11-15/h7-11,13-14H,6,12H2,1-5H3. The lowest BCUT2D eigenvalue weighted by Gasteiger charge is -2.42. The van der Waals surface area contributed by atoms with Crippen molar-refractivity contribution in [2.24, 2.45) is 11.8 Å². The van der Waals surface area contributed by atoms with Gasteiger partial charge in [-0.15, -0.1) is 0 Å². The van der Waals surface area contributed by atoms with E-state index in [4.69, 9.17) is 0 Å². The van der Waals surface area contributed by atoms with Crippen LogP contribution in [0.3, 0.4) is 0 Å². The SMILES string of the molecule is CCCC(c1ccccc1)(C(C)C)C(C)C. The summed E-state index contributed by atoms with van der Waals surface area (Å²) in [4.78, 5) is 0. The summed E-state index contributed by atoms with van der Waals surface area (Å²) in [5.74, 6) is 1.38. The minimum absolute atomic E-state index is 0.343. The monoisotopic (exact) mass is 218 g/mol. The molecule has 0 fully saturated rings. The minimum atomic E-state index is 0.343. The molecular formula is C16H26. The second-order valence-corrected chi connectivity index (χ2v) is 5.47. The van der Waals surface area contributed by atoms with E-state index in [9.17, 15) is 0 Å². The molecule has 0 spiro atoms. The lowest BCUT2D eigenvalue weighted by molar-refractivity contribution is 0.199. The van der Waals surface area contributed by atoms with Crippen molar-refractivity contribution in [2.45, 2.75) is 52.9 Å². The molecule has 0 aliphatic heterocycles. The van der Waals surface area contributed by atoms with Gasteiger partial charge in [0, 0.05) is 0 Å². The molecule has 1 aromatic carbocycles. The van der Waals surface area contributed by atoms with Crippen molar-refractivity contribution in [3.05, 3.63) is 35.9 Å². The Morgan fingerprint density at radius 2 is 1.44 bits per heavy atom. The fourth-order valence-electron chi connectivity index (χ4n) is 3.22. The third-order valence-corrected chi connectivity index (χ3v) is 4.04. The van der Waals surface area contributed by atoms with Crippen LogP contribution in [0.4, 0.5) is 0 Å². The molecule has 0 bridgehead atoms. The summed E-state index contributed by atoms with van der Waals surface area (Å²) in [5, 5.41) is 0. The fourth-order valence-corrected chi connectivity index (χ4v) is 3.22. The topological polar surface area (TPSA) is 0 Å². The van der Waals surface area contributed by atoms with E-state index in [1.807, 2.05) is 0 Å². The third-order valence-electron chi connectivity index (χ3n) is 4.04. The van der Waals surface area contributed by atoms with Crippen LogP contribution in [0.25, 0.3) is 0 Å². The van der Waals surface area contributed by atoms with Gasteiger partial charge in [0.25, 0.3) is 0 Å². The van der Waals surface area contributed by atoms with Gasteiger partial charge in [-0.1, -0.05) is 71.4 Å². The van der Waals surface area contributed by atoms with E-state index in [1.165, 1.54) is 18.4 Å². The zero-order valence-electron chi connectivity index (χ0n) is 11.5. The van der Waals surface area contributed by atoms with Gasteiger partial charge < -0.3 is 0 Å². The Balaban J connectivity index is 3.21. The highest BCUT2D eigenvalue weighted by atomic mass is 14.4. The van der Waals surface area contributed by atoms with Gasteiger partial charge in [-0.25, -0.2) is 0 Å². The summed E-state index contributed by atoms with van der Waals surface area (Å²) in [6, 6.07) is 11.1. The van der Waals surface area contributed by atoms with Crippen LogP contribution in [0.2, 0.25) is 0 Å². The van der Waals surface area contributed by atoms with Gasteiger partial charge in [-0.2, -0.15) is 0 Å². The maximum atomic E-state index is 2.36. The zero-order chi connectivity index (χ0) is 12.2. The van der Waals surface area contributed by atoms with Crippen LogP contribution >= 0.6 is 0 Å². The molecule has 0 aliphatic carbocycles. The quantitative estimate of drug-likeness (QED) is 0.649. The van der Waals surface area contributed by atoms with Gasteiger partial charge in [0.15, 0.2) is 0 Å². The van der Waals surface area contributed by atoms with E-state index >= 15 is 0 Å². The van der Waals surface area contributed by atoms with Gasteiger partial charge in [0.1, 0.15) is 0 Å². The largest absolute Gasteiger partial charge is 0.0654 e. The highest BCUT2D eigenvalue weighted by Gasteiger charge is 2.37. The average molecular weight is 218 g/mol. The van der Waals surface area contributed by atoms with E-state index in [0.717, 1.165) is 0 Å². The molecular weight excluding hydrogens is 192 g/mol. The van der Waals surface area contributed by atoms with Crippen LogP contribution in [0.5, 0.6) is 0 Å². The van der Waals surface area contributed by atoms with Crippen LogP contribution in [-0.4, -0.2) is 0 Å². The van der Waals surface area contributed by atoms with Gasteiger partial charge in [0.05, 0.1) is 0 Å². The first kappa shape index (κ1) is 13.3. The maximum absolute atomic E-state index is 2.36. The molecule has 1 rings (SSSR count). The molecule has 1 aromatic rings. The van der Waals surface area contributed by atoms with Gasteiger partial charge in [-0.05, 0) is 29.2 Å². The van der Waals surface area contributed by atoms with E-state index in [1.54, 1.807) is 0 Å². The molecule has 0 heteroatoms. The first-order valence-corrected chi connectivity index (χ1v) is 6.61. The molecule has 0 saturated heterocycles. The summed E-state index contributed by atoms with van der Waals surface area (Å²) >= 11 is 0. The smallest absolute Gasteiger partial charge is 0.000115 e. The molecule has 0 atom stereocenters. The molecule has 16 heavy (non-hydrogen) atoms. The molecule has 0 unspecified atom stereocenters. The predicted molar refractivity (Wildman–Crippen MR) is 72.7 cm³/mol. The Morgan fingerprint density at radius 3 is 1.81 bits per heavy atom. The molecule has 0 amide bonds. The molecule has 0 aromatic heterocycles. The number of hydrogen-bond donors (Lipinski definition) is 0. The van der Waals surface area contributed by atoms with Crippen LogP contribution in [0.1, 0.15) is 53.0 Å². The van der Waals surface area contributed by atoms with Crippen molar-refractivity contribution in [1.29, 1.82) is 0 Å². The van der Waals surface area contributed by atoms with Crippen LogP contribution in [0.15, 0.2) is 30.3 Å². The predicted octanol–water partition coefficient (Wildman–Crippen LogP) is 5.04. The van der Waals surface area contributed by atoms with Crippen molar-refractivity contribution in [3.63, 3.8) is 0 Å².